The van der Waals surface area contributed by atoms with E-state index in [9.17, 15) is 0 Å². The highest BCUT2D eigenvalue weighted by Gasteiger charge is 2.19. The summed E-state index contributed by atoms with van der Waals surface area (Å²) in [5, 5.41) is 4.97. The minimum absolute atomic E-state index is 0.651. The molecule has 11 aromatic rings. The lowest BCUT2D eigenvalue weighted by Crippen LogP contribution is -2.00. The first-order valence-corrected chi connectivity index (χ1v) is 20.3. The minimum Gasteiger partial charge on any atom is -0.208 e. The van der Waals surface area contributed by atoms with Crippen molar-refractivity contribution in [3.63, 3.8) is 0 Å². The summed E-state index contributed by atoms with van der Waals surface area (Å²) >= 11 is 3.70. The van der Waals surface area contributed by atoms with Crippen LogP contribution in [0, 0.1) is 0 Å². The van der Waals surface area contributed by atoms with E-state index in [-0.39, 0.29) is 0 Å². The van der Waals surface area contributed by atoms with E-state index in [0.29, 0.717) is 17.5 Å². The highest BCUT2D eigenvalue weighted by molar-refractivity contribution is 7.26. The highest BCUT2D eigenvalue weighted by Crippen LogP contribution is 2.45. The van der Waals surface area contributed by atoms with Crippen molar-refractivity contribution in [1.82, 2.24) is 15.0 Å². The van der Waals surface area contributed by atoms with Gasteiger partial charge in [-0.2, -0.15) is 0 Å². The van der Waals surface area contributed by atoms with Crippen molar-refractivity contribution in [2.45, 2.75) is 0 Å². The second-order valence-electron chi connectivity index (χ2n) is 14.0. The van der Waals surface area contributed by atoms with E-state index in [0.717, 1.165) is 22.3 Å². The molecule has 3 heterocycles. The molecule has 3 aromatic heterocycles. The van der Waals surface area contributed by atoms with Crippen molar-refractivity contribution in [3.05, 3.63) is 188 Å². The van der Waals surface area contributed by atoms with Crippen molar-refractivity contribution in [1.29, 1.82) is 0 Å². The fourth-order valence-electron chi connectivity index (χ4n) is 7.80. The first-order valence-electron chi connectivity index (χ1n) is 18.7. The fourth-order valence-corrected chi connectivity index (χ4v) is 10.2. The standard InChI is InChI=1S/C51H31N3S2/c1-4-13-32(14-5-1)33-23-25-36(26-24-33)50-52-49(35-17-8-3-9-18-35)53-51(54-50)41-20-12-22-45-47(41)40-28-27-37(31-46(40)55-45)38-29-42(34-15-6-2-7-16-34)48-43(30-38)39-19-10-11-21-44(39)56-48/h1-31H. The van der Waals surface area contributed by atoms with Crippen LogP contribution in [0.15, 0.2) is 188 Å². The van der Waals surface area contributed by atoms with Crippen LogP contribution in [0.3, 0.4) is 0 Å². The quantitative estimate of drug-likeness (QED) is 0.170. The molecule has 5 heteroatoms. The van der Waals surface area contributed by atoms with Crippen molar-refractivity contribution >= 4 is 63.0 Å². The van der Waals surface area contributed by atoms with Crippen LogP contribution >= 0.6 is 22.7 Å². The molecule has 0 radical (unpaired) electrons. The summed E-state index contributed by atoms with van der Waals surface area (Å²) in [6, 6.07) is 66.8. The van der Waals surface area contributed by atoms with E-state index >= 15 is 0 Å². The Hall–Kier alpha value is -6.79. The Balaban J connectivity index is 1.06. The summed E-state index contributed by atoms with van der Waals surface area (Å²) in [5.74, 6) is 1.97. The Labute approximate surface area is 331 Å². The summed E-state index contributed by atoms with van der Waals surface area (Å²) in [5.41, 5.74) is 10.2. The number of rotatable bonds is 6. The molecule has 8 aromatic carbocycles. The van der Waals surface area contributed by atoms with Gasteiger partial charge in [-0.1, -0.05) is 158 Å². The van der Waals surface area contributed by atoms with Gasteiger partial charge in [-0.3, -0.25) is 0 Å². The van der Waals surface area contributed by atoms with Gasteiger partial charge >= 0.3 is 0 Å². The molecule has 0 aliphatic rings. The molecule has 0 N–H and O–H groups in total. The van der Waals surface area contributed by atoms with Crippen LogP contribution in [0.25, 0.3) is 108 Å². The van der Waals surface area contributed by atoms with Gasteiger partial charge in [0.25, 0.3) is 0 Å². The Morgan fingerprint density at radius 1 is 0.286 bits per heavy atom. The maximum atomic E-state index is 5.17. The topological polar surface area (TPSA) is 38.7 Å². The molecule has 262 valence electrons. The van der Waals surface area contributed by atoms with Gasteiger partial charge in [0.2, 0.25) is 0 Å². The van der Waals surface area contributed by atoms with Crippen LogP contribution in [0.4, 0.5) is 0 Å². The van der Waals surface area contributed by atoms with Gasteiger partial charge in [0.15, 0.2) is 17.5 Å². The maximum absolute atomic E-state index is 5.17. The third-order valence-electron chi connectivity index (χ3n) is 10.6. The van der Waals surface area contributed by atoms with Crippen LogP contribution in [0.1, 0.15) is 0 Å². The van der Waals surface area contributed by atoms with Crippen molar-refractivity contribution in [3.8, 4) is 67.5 Å². The molecule has 11 rings (SSSR count). The van der Waals surface area contributed by atoms with Crippen LogP contribution in [0.5, 0.6) is 0 Å². The highest BCUT2D eigenvalue weighted by atomic mass is 32.1. The second-order valence-corrected chi connectivity index (χ2v) is 16.1. The largest absolute Gasteiger partial charge is 0.208 e. The number of nitrogens with zero attached hydrogens (tertiary/aromatic N) is 3. The molecule has 0 saturated heterocycles. The van der Waals surface area contributed by atoms with Crippen LogP contribution < -0.4 is 0 Å². The lowest BCUT2D eigenvalue weighted by Gasteiger charge is -2.10. The molecule has 56 heavy (non-hydrogen) atoms. The van der Waals surface area contributed by atoms with E-state index in [2.05, 4.69) is 164 Å². The molecular weight excluding hydrogens is 719 g/mol. The van der Waals surface area contributed by atoms with Crippen LogP contribution in [-0.4, -0.2) is 15.0 Å². The van der Waals surface area contributed by atoms with Gasteiger partial charge in [-0.05, 0) is 58.1 Å². The molecule has 0 unspecified atom stereocenters. The zero-order chi connectivity index (χ0) is 37.0. The summed E-state index contributed by atoms with van der Waals surface area (Å²) < 4.78 is 5.07. The third kappa shape index (κ3) is 5.68. The first kappa shape index (κ1) is 32.6. The molecule has 0 aliphatic heterocycles. The lowest BCUT2D eigenvalue weighted by atomic mass is 9.95. The van der Waals surface area contributed by atoms with E-state index in [4.69, 9.17) is 15.0 Å². The van der Waals surface area contributed by atoms with E-state index in [1.165, 1.54) is 68.2 Å². The predicted molar refractivity (Wildman–Crippen MR) is 238 cm³/mol. The maximum Gasteiger partial charge on any atom is 0.164 e. The number of aromatic nitrogens is 3. The Morgan fingerprint density at radius 3 is 1.61 bits per heavy atom. The van der Waals surface area contributed by atoms with Gasteiger partial charge < -0.3 is 0 Å². The monoisotopic (exact) mass is 749 g/mol. The first-order chi connectivity index (χ1) is 27.7. The van der Waals surface area contributed by atoms with Crippen molar-refractivity contribution in [2.24, 2.45) is 0 Å². The molecule has 0 amide bonds. The molecular formula is C51H31N3S2. The van der Waals surface area contributed by atoms with E-state index in [1.54, 1.807) is 0 Å². The van der Waals surface area contributed by atoms with Crippen molar-refractivity contribution in [2.75, 3.05) is 0 Å². The second kappa shape index (κ2) is 13.5. The zero-order valence-corrected chi connectivity index (χ0v) is 31.7. The summed E-state index contributed by atoms with van der Waals surface area (Å²) in [4.78, 5) is 15.3. The average Bonchev–Trinajstić information content (AvgIpc) is 3.85. The SMILES string of the molecule is c1ccc(-c2ccc(-c3nc(-c4ccccc4)nc(-c4cccc5sc6cc(-c7cc(-c8ccccc8)c8sc9ccccc9c8c7)ccc6c45)n3)cc2)cc1. The molecule has 0 fully saturated rings. The van der Waals surface area contributed by atoms with Gasteiger partial charge in [-0.25, -0.2) is 15.0 Å². The number of hydrogen-bond donors (Lipinski definition) is 0. The molecule has 3 nitrogen and oxygen atoms in total. The third-order valence-corrected chi connectivity index (χ3v) is 12.9. The van der Waals surface area contributed by atoms with Gasteiger partial charge in [0.1, 0.15) is 0 Å². The van der Waals surface area contributed by atoms with Crippen LogP contribution in [0.2, 0.25) is 0 Å². The van der Waals surface area contributed by atoms with Crippen molar-refractivity contribution < 1.29 is 0 Å². The summed E-state index contributed by atoms with van der Waals surface area (Å²) in [7, 11) is 0. The fraction of sp³-hybridized carbons (Fsp3) is 0. The predicted octanol–water partition coefficient (Wildman–Crippen LogP) is 14.6. The average molecular weight is 750 g/mol. The van der Waals surface area contributed by atoms with E-state index in [1.807, 2.05) is 46.9 Å². The minimum atomic E-state index is 0.651. The number of benzene rings is 8. The number of thiophene rings is 2. The normalized spacial score (nSPS) is 11.6. The Morgan fingerprint density at radius 2 is 0.857 bits per heavy atom. The van der Waals surface area contributed by atoms with E-state index < -0.39 is 0 Å². The number of fused-ring (bicyclic) bond motifs is 6. The zero-order valence-electron chi connectivity index (χ0n) is 30.1. The summed E-state index contributed by atoms with van der Waals surface area (Å²) in [6.07, 6.45) is 0. The van der Waals surface area contributed by atoms with Gasteiger partial charge in [0.05, 0.1) is 0 Å². The van der Waals surface area contributed by atoms with Crippen LogP contribution in [-0.2, 0) is 0 Å². The molecule has 0 aliphatic carbocycles. The lowest BCUT2D eigenvalue weighted by molar-refractivity contribution is 1.08. The number of hydrogen-bond acceptors (Lipinski definition) is 5. The smallest absolute Gasteiger partial charge is 0.164 e. The Bertz CT molecular complexity index is 3220. The molecule has 0 atom stereocenters. The summed E-state index contributed by atoms with van der Waals surface area (Å²) in [6.45, 7) is 0. The molecule has 0 bridgehead atoms. The van der Waals surface area contributed by atoms with Gasteiger partial charge in [-0.15, -0.1) is 22.7 Å². The molecule has 0 saturated carbocycles. The van der Waals surface area contributed by atoms with Gasteiger partial charge in [0, 0.05) is 62.6 Å². The molecule has 0 spiro atoms. The Kier molecular flexibility index (Phi) is 7.87.